The average Bonchev–Trinajstić information content (AvgIpc) is 2.50. The largest absolute Gasteiger partial charge is 0.461 e. The van der Waals surface area contributed by atoms with E-state index in [2.05, 4.69) is 30.6 Å². The van der Waals surface area contributed by atoms with Crippen molar-refractivity contribution in [2.24, 2.45) is 0 Å². The first-order chi connectivity index (χ1) is 9.71. The monoisotopic (exact) mass is 276 g/mol. The number of nitrogens with zero attached hydrogens (tertiary/aromatic N) is 1. The van der Waals surface area contributed by atoms with Crippen molar-refractivity contribution >= 4 is 11.7 Å². The minimum atomic E-state index is -0.271. The molecule has 110 valence electrons. The van der Waals surface area contributed by atoms with Gasteiger partial charge in [-0.15, -0.1) is 6.58 Å². The Morgan fingerprint density at radius 1 is 1.30 bits per heavy atom. The van der Waals surface area contributed by atoms with Crippen molar-refractivity contribution in [3.8, 4) is 0 Å². The fourth-order valence-electron chi connectivity index (χ4n) is 1.80. The predicted molar refractivity (Wildman–Crippen MR) is 83.2 cm³/mol. The molecule has 1 aromatic rings. The first-order valence-corrected chi connectivity index (χ1v) is 7.05. The number of likely N-dealkylation sites (N-methyl/N-ethyl adjacent to an activating group) is 1. The van der Waals surface area contributed by atoms with Crippen LogP contribution in [0.4, 0.5) is 5.69 Å². The van der Waals surface area contributed by atoms with Gasteiger partial charge in [-0.25, -0.2) is 4.79 Å². The van der Waals surface area contributed by atoms with Crippen molar-refractivity contribution in [1.29, 1.82) is 0 Å². The van der Waals surface area contributed by atoms with Gasteiger partial charge in [-0.05, 0) is 37.4 Å². The molecule has 0 aliphatic carbocycles. The van der Waals surface area contributed by atoms with E-state index in [0.29, 0.717) is 18.7 Å². The lowest BCUT2D eigenvalue weighted by atomic mass is 10.2. The number of nitrogens with one attached hydrogen (secondary N) is 1. The molecule has 4 nitrogen and oxygen atoms in total. The van der Waals surface area contributed by atoms with Gasteiger partial charge in [0.1, 0.15) is 6.61 Å². The van der Waals surface area contributed by atoms with Gasteiger partial charge in [0, 0.05) is 18.8 Å². The molecule has 1 N–H and O–H groups in total. The summed E-state index contributed by atoms with van der Waals surface area (Å²) in [6.07, 6.45) is 1.79. The second-order valence-electron chi connectivity index (χ2n) is 4.41. The minimum Gasteiger partial charge on any atom is -0.461 e. The molecule has 0 fully saturated rings. The predicted octanol–water partition coefficient (Wildman–Crippen LogP) is 2.78. The van der Waals surface area contributed by atoms with Gasteiger partial charge in [0.05, 0.1) is 5.56 Å². The summed E-state index contributed by atoms with van der Waals surface area (Å²) in [7, 11) is 0. The van der Waals surface area contributed by atoms with E-state index in [1.807, 2.05) is 12.1 Å². The number of carbonyl (C=O) groups is 1. The number of benzene rings is 1. The maximum atomic E-state index is 11.9. The molecule has 0 saturated carbocycles. The van der Waals surface area contributed by atoms with Crippen LogP contribution in [-0.2, 0) is 4.74 Å². The molecular formula is C16H24N2O2. The summed E-state index contributed by atoms with van der Waals surface area (Å²) in [4.78, 5) is 14.1. The molecule has 4 heteroatoms. The van der Waals surface area contributed by atoms with Crippen LogP contribution in [0.3, 0.4) is 0 Å². The summed E-state index contributed by atoms with van der Waals surface area (Å²) in [6.45, 7) is 11.7. The van der Waals surface area contributed by atoms with Crippen LogP contribution < -0.4 is 5.32 Å². The lowest BCUT2D eigenvalue weighted by Gasteiger charge is -2.17. The molecule has 0 aromatic heterocycles. The maximum absolute atomic E-state index is 11.9. The topological polar surface area (TPSA) is 41.6 Å². The van der Waals surface area contributed by atoms with Crippen molar-refractivity contribution in [3.63, 3.8) is 0 Å². The van der Waals surface area contributed by atoms with E-state index >= 15 is 0 Å². The average molecular weight is 276 g/mol. The van der Waals surface area contributed by atoms with E-state index < -0.39 is 0 Å². The number of anilines is 1. The minimum absolute atomic E-state index is 0.271. The van der Waals surface area contributed by atoms with E-state index in [1.54, 1.807) is 18.2 Å². The fraction of sp³-hybridized carbons (Fsp3) is 0.438. The highest BCUT2D eigenvalue weighted by Gasteiger charge is 2.07. The molecule has 0 aliphatic rings. The van der Waals surface area contributed by atoms with Crippen LogP contribution in [-0.4, -0.2) is 43.7 Å². The maximum Gasteiger partial charge on any atom is 0.338 e. The highest BCUT2D eigenvalue weighted by Crippen LogP contribution is 2.10. The lowest BCUT2D eigenvalue weighted by Crippen LogP contribution is -2.27. The number of hydrogen-bond donors (Lipinski definition) is 1. The molecular weight excluding hydrogens is 252 g/mol. The molecule has 0 amide bonds. The Labute approximate surface area is 121 Å². The van der Waals surface area contributed by atoms with Gasteiger partial charge in [0.25, 0.3) is 0 Å². The second-order valence-corrected chi connectivity index (χ2v) is 4.41. The van der Waals surface area contributed by atoms with E-state index in [0.717, 1.165) is 25.3 Å². The summed E-state index contributed by atoms with van der Waals surface area (Å²) in [5, 5.41) is 3.16. The second kappa shape index (κ2) is 9.15. The summed E-state index contributed by atoms with van der Waals surface area (Å²) in [5.74, 6) is -0.271. The van der Waals surface area contributed by atoms with E-state index in [1.165, 1.54) is 0 Å². The van der Waals surface area contributed by atoms with Crippen LogP contribution >= 0.6 is 0 Å². The van der Waals surface area contributed by atoms with Crippen LogP contribution in [0.15, 0.2) is 36.9 Å². The zero-order chi connectivity index (χ0) is 14.8. The van der Waals surface area contributed by atoms with Crippen LogP contribution in [0.1, 0.15) is 24.2 Å². The summed E-state index contributed by atoms with van der Waals surface area (Å²) >= 11 is 0. The molecule has 1 aromatic carbocycles. The third-order valence-corrected chi connectivity index (χ3v) is 3.11. The highest BCUT2D eigenvalue weighted by molar-refractivity contribution is 5.89. The number of rotatable bonds is 9. The zero-order valence-electron chi connectivity index (χ0n) is 12.4. The Bertz CT molecular complexity index is 411. The van der Waals surface area contributed by atoms with E-state index in [9.17, 15) is 4.79 Å². The molecule has 0 bridgehead atoms. The van der Waals surface area contributed by atoms with Crippen molar-refractivity contribution in [2.45, 2.75) is 13.8 Å². The Morgan fingerprint density at radius 2 is 1.95 bits per heavy atom. The number of hydrogen-bond acceptors (Lipinski definition) is 4. The van der Waals surface area contributed by atoms with Gasteiger partial charge in [-0.3, -0.25) is 0 Å². The van der Waals surface area contributed by atoms with E-state index in [4.69, 9.17) is 4.74 Å². The first-order valence-electron chi connectivity index (χ1n) is 7.05. The molecule has 0 atom stereocenters. The van der Waals surface area contributed by atoms with Crippen LogP contribution in [0, 0.1) is 0 Å². The Balaban J connectivity index is 2.41. The third-order valence-electron chi connectivity index (χ3n) is 3.11. The fourth-order valence-corrected chi connectivity index (χ4v) is 1.80. The first kappa shape index (κ1) is 16.2. The SMILES string of the molecule is C=CCNc1ccc(C(=O)OCCN(CC)CC)cc1. The van der Waals surface area contributed by atoms with Gasteiger partial charge >= 0.3 is 5.97 Å². The lowest BCUT2D eigenvalue weighted by molar-refractivity contribution is 0.0466. The number of ether oxygens (including phenoxy) is 1. The molecule has 0 unspecified atom stereocenters. The number of carbonyl (C=O) groups excluding carboxylic acids is 1. The van der Waals surface area contributed by atoms with Crippen molar-refractivity contribution < 1.29 is 9.53 Å². The summed E-state index contributed by atoms with van der Waals surface area (Å²) in [5.41, 5.74) is 1.54. The Kier molecular flexibility index (Phi) is 7.43. The van der Waals surface area contributed by atoms with Gasteiger partial charge in [-0.2, -0.15) is 0 Å². The standard InChI is InChI=1S/C16H24N2O2/c1-4-11-17-15-9-7-14(8-10-15)16(19)20-13-12-18(5-2)6-3/h4,7-10,17H,1,5-6,11-13H2,2-3H3. The third kappa shape index (κ3) is 5.45. The Hall–Kier alpha value is -1.81. The van der Waals surface area contributed by atoms with Crippen molar-refractivity contribution in [3.05, 3.63) is 42.5 Å². The molecule has 0 radical (unpaired) electrons. The van der Waals surface area contributed by atoms with Gasteiger partial charge in [0.2, 0.25) is 0 Å². The zero-order valence-corrected chi connectivity index (χ0v) is 12.4. The van der Waals surface area contributed by atoms with E-state index in [-0.39, 0.29) is 5.97 Å². The summed E-state index contributed by atoms with van der Waals surface area (Å²) < 4.78 is 5.27. The van der Waals surface area contributed by atoms with Crippen molar-refractivity contribution in [1.82, 2.24) is 4.90 Å². The normalized spacial score (nSPS) is 10.3. The van der Waals surface area contributed by atoms with Crippen LogP contribution in [0.25, 0.3) is 0 Å². The molecule has 1 rings (SSSR count). The molecule has 0 heterocycles. The molecule has 20 heavy (non-hydrogen) atoms. The molecule has 0 saturated heterocycles. The molecule has 0 spiro atoms. The smallest absolute Gasteiger partial charge is 0.338 e. The van der Waals surface area contributed by atoms with Crippen LogP contribution in [0.5, 0.6) is 0 Å². The number of esters is 1. The molecule has 0 aliphatic heterocycles. The summed E-state index contributed by atoms with van der Waals surface area (Å²) in [6, 6.07) is 7.27. The quantitative estimate of drug-likeness (QED) is 0.556. The Morgan fingerprint density at radius 3 is 2.50 bits per heavy atom. The van der Waals surface area contributed by atoms with Crippen molar-refractivity contribution in [2.75, 3.05) is 38.1 Å². The van der Waals surface area contributed by atoms with Gasteiger partial charge in [-0.1, -0.05) is 19.9 Å². The van der Waals surface area contributed by atoms with Gasteiger partial charge in [0.15, 0.2) is 0 Å². The van der Waals surface area contributed by atoms with Gasteiger partial charge < -0.3 is 15.0 Å². The van der Waals surface area contributed by atoms with Crippen LogP contribution in [0.2, 0.25) is 0 Å². The highest BCUT2D eigenvalue weighted by atomic mass is 16.5.